The van der Waals surface area contributed by atoms with Gasteiger partial charge in [0, 0.05) is 17.5 Å². The number of hydrogen-bond acceptors (Lipinski definition) is 6. The Morgan fingerprint density at radius 1 is 1.10 bits per heavy atom. The Bertz CT molecular complexity index is 1150. The lowest BCUT2D eigenvalue weighted by Crippen LogP contribution is -2.42. The fourth-order valence-corrected chi connectivity index (χ4v) is 3.53. The quantitative estimate of drug-likeness (QED) is 0.345. The van der Waals surface area contributed by atoms with Crippen LogP contribution in [-0.4, -0.2) is 36.4 Å². The Labute approximate surface area is 169 Å². The topological polar surface area (TPSA) is 117 Å². The molecule has 0 aliphatic heterocycles. The maximum Gasteiger partial charge on any atom is 0.288 e. The molecular formula is C19H17N7O2S. The maximum atomic E-state index is 12.5. The monoisotopic (exact) mass is 407 g/mol. The van der Waals surface area contributed by atoms with E-state index in [2.05, 4.69) is 31.0 Å². The molecule has 4 aromatic rings. The summed E-state index contributed by atoms with van der Waals surface area (Å²) < 4.78 is 1.68. The first kappa shape index (κ1) is 18.7. The first-order valence-corrected chi connectivity index (χ1v) is 9.72. The van der Waals surface area contributed by atoms with Gasteiger partial charge >= 0.3 is 0 Å². The number of nitrogens with zero attached hydrogens (tertiary/aromatic N) is 4. The standard InChI is InChI=1S/C19H17N7O2S/c1-12-16(26-9-3-2-4-15(26)22-12)18(28)24-23-17(27)14-7-5-13(6-8-14)10-29-19-20-11-21-25-19/h2-9,11H,10H2,1H3,(H,23,27)(H,24,28)(H,20,21,25). The van der Waals surface area contributed by atoms with Crippen LogP contribution in [0.5, 0.6) is 0 Å². The number of pyridine rings is 1. The average molecular weight is 407 g/mol. The minimum atomic E-state index is -0.436. The molecule has 3 aromatic heterocycles. The van der Waals surface area contributed by atoms with Crippen LogP contribution in [0.25, 0.3) is 5.65 Å². The van der Waals surface area contributed by atoms with Crippen LogP contribution in [0.4, 0.5) is 0 Å². The summed E-state index contributed by atoms with van der Waals surface area (Å²) in [5, 5.41) is 7.31. The number of aryl methyl sites for hydroxylation is 1. The van der Waals surface area contributed by atoms with E-state index in [9.17, 15) is 9.59 Å². The zero-order valence-corrected chi connectivity index (χ0v) is 16.2. The number of aromatic amines is 1. The zero-order chi connectivity index (χ0) is 20.2. The van der Waals surface area contributed by atoms with Crippen molar-refractivity contribution < 1.29 is 9.59 Å². The summed E-state index contributed by atoms with van der Waals surface area (Å²) in [5.41, 5.74) is 7.99. The van der Waals surface area contributed by atoms with Crippen molar-refractivity contribution in [2.75, 3.05) is 0 Å². The fourth-order valence-electron chi connectivity index (χ4n) is 2.80. The second-order valence-electron chi connectivity index (χ2n) is 6.16. The highest BCUT2D eigenvalue weighted by Gasteiger charge is 2.17. The average Bonchev–Trinajstić information content (AvgIpc) is 3.37. The number of aromatic nitrogens is 5. The van der Waals surface area contributed by atoms with Crippen LogP contribution in [0.3, 0.4) is 0 Å². The van der Waals surface area contributed by atoms with Gasteiger partial charge in [-0.2, -0.15) is 5.10 Å². The smallest absolute Gasteiger partial charge is 0.288 e. The number of hydrazine groups is 1. The molecule has 0 saturated carbocycles. The number of imidazole rings is 1. The van der Waals surface area contributed by atoms with E-state index in [0.717, 1.165) is 10.7 Å². The van der Waals surface area contributed by atoms with Crippen LogP contribution in [0.15, 0.2) is 60.1 Å². The summed E-state index contributed by atoms with van der Waals surface area (Å²) in [4.78, 5) is 33.3. The SMILES string of the molecule is Cc1nc2ccccn2c1C(=O)NNC(=O)c1ccc(CSc2ncn[nH]2)cc1. The van der Waals surface area contributed by atoms with E-state index in [1.165, 1.54) is 18.1 Å². The summed E-state index contributed by atoms with van der Waals surface area (Å²) in [6.07, 6.45) is 3.21. The van der Waals surface area contributed by atoms with Crippen molar-refractivity contribution in [1.82, 2.24) is 35.4 Å². The van der Waals surface area contributed by atoms with Gasteiger partial charge in [0.05, 0.1) is 5.69 Å². The van der Waals surface area contributed by atoms with Crippen molar-refractivity contribution in [3.05, 3.63) is 77.5 Å². The summed E-state index contributed by atoms with van der Waals surface area (Å²) in [6, 6.07) is 12.6. The van der Waals surface area contributed by atoms with Crippen LogP contribution in [0, 0.1) is 6.92 Å². The van der Waals surface area contributed by atoms with Crippen molar-refractivity contribution in [3.8, 4) is 0 Å². The molecule has 10 heteroatoms. The minimum absolute atomic E-state index is 0.376. The highest BCUT2D eigenvalue weighted by atomic mass is 32.2. The number of benzene rings is 1. The first-order chi connectivity index (χ1) is 14.1. The molecule has 0 saturated heterocycles. The lowest BCUT2D eigenvalue weighted by molar-refractivity contribution is 0.0843. The lowest BCUT2D eigenvalue weighted by Gasteiger charge is -2.08. The minimum Gasteiger partial charge on any atom is -0.295 e. The first-order valence-electron chi connectivity index (χ1n) is 8.73. The fraction of sp³-hybridized carbons (Fsp3) is 0.105. The number of nitrogens with one attached hydrogen (secondary N) is 3. The Balaban J connectivity index is 1.36. The molecule has 0 spiro atoms. The molecule has 0 fully saturated rings. The molecule has 0 aliphatic carbocycles. The van der Waals surface area contributed by atoms with Gasteiger partial charge in [-0.1, -0.05) is 30.0 Å². The van der Waals surface area contributed by atoms with Crippen molar-refractivity contribution in [3.63, 3.8) is 0 Å². The van der Waals surface area contributed by atoms with Gasteiger partial charge in [-0.05, 0) is 36.8 Å². The number of thioether (sulfide) groups is 1. The molecule has 3 heterocycles. The van der Waals surface area contributed by atoms with Gasteiger partial charge in [0.25, 0.3) is 11.8 Å². The molecule has 146 valence electrons. The molecule has 9 nitrogen and oxygen atoms in total. The summed E-state index contributed by atoms with van der Waals surface area (Å²) in [5.74, 6) is -0.143. The van der Waals surface area contributed by atoms with Gasteiger partial charge in [0.1, 0.15) is 17.7 Å². The van der Waals surface area contributed by atoms with Gasteiger partial charge in [-0.25, -0.2) is 9.97 Å². The zero-order valence-electron chi connectivity index (χ0n) is 15.4. The van der Waals surface area contributed by atoms with Crippen LogP contribution >= 0.6 is 11.8 Å². The predicted octanol–water partition coefficient (Wildman–Crippen LogP) is 2.13. The molecule has 3 N–H and O–H groups in total. The second kappa shape index (κ2) is 8.15. The normalized spacial score (nSPS) is 10.8. The van der Waals surface area contributed by atoms with Gasteiger partial charge in [0.15, 0.2) is 5.16 Å². The summed E-state index contributed by atoms with van der Waals surface area (Å²) in [7, 11) is 0. The predicted molar refractivity (Wildman–Crippen MR) is 107 cm³/mol. The number of hydrogen-bond donors (Lipinski definition) is 3. The van der Waals surface area contributed by atoms with Gasteiger partial charge < -0.3 is 0 Å². The van der Waals surface area contributed by atoms with Gasteiger partial charge in [0.2, 0.25) is 0 Å². The number of carbonyl (C=O) groups is 2. The van der Waals surface area contributed by atoms with Crippen LogP contribution < -0.4 is 10.9 Å². The number of amides is 2. The van der Waals surface area contributed by atoms with E-state index in [1.807, 2.05) is 30.3 Å². The Morgan fingerprint density at radius 2 is 1.90 bits per heavy atom. The second-order valence-corrected chi connectivity index (χ2v) is 7.12. The highest BCUT2D eigenvalue weighted by molar-refractivity contribution is 7.98. The van der Waals surface area contributed by atoms with Crippen LogP contribution in [0.2, 0.25) is 0 Å². The van der Waals surface area contributed by atoms with E-state index >= 15 is 0 Å². The van der Waals surface area contributed by atoms with E-state index in [0.29, 0.717) is 28.4 Å². The summed E-state index contributed by atoms with van der Waals surface area (Å²) in [6.45, 7) is 1.75. The molecule has 0 radical (unpaired) electrons. The summed E-state index contributed by atoms with van der Waals surface area (Å²) >= 11 is 1.51. The third kappa shape index (κ3) is 4.11. The number of rotatable bonds is 5. The molecule has 0 aliphatic rings. The van der Waals surface area contributed by atoms with Crippen LogP contribution in [0.1, 0.15) is 32.1 Å². The number of carbonyl (C=O) groups excluding carboxylic acids is 2. The van der Waals surface area contributed by atoms with Gasteiger partial charge in [-0.15, -0.1) is 0 Å². The molecule has 4 rings (SSSR count). The van der Waals surface area contributed by atoms with E-state index < -0.39 is 11.8 Å². The third-order valence-corrected chi connectivity index (χ3v) is 5.14. The Morgan fingerprint density at radius 3 is 2.66 bits per heavy atom. The molecule has 29 heavy (non-hydrogen) atoms. The number of H-pyrrole nitrogens is 1. The lowest BCUT2D eigenvalue weighted by atomic mass is 10.1. The molecule has 0 atom stereocenters. The van der Waals surface area contributed by atoms with Crippen molar-refractivity contribution in [2.45, 2.75) is 17.8 Å². The van der Waals surface area contributed by atoms with Crippen molar-refractivity contribution in [2.24, 2.45) is 0 Å². The largest absolute Gasteiger partial charge is 0.295 e. The van der Waals surface area contributed by atoms with Crippen molar-refractivity contribution in [1.29, 1.82) is 0 Å². The molecule has 0 bridgehead atoms. The maximum absolute atomic E-state index is 12.5. The molecule has 0 unspecified atom stereocenters. The van der Waals surface area contributed by atoms with E-state index in [4.69, 9.17) is 0 Å². The molecular weight excluding hydrogens is 390 g/mol. The molecule has 1 aromatic carbocycles. The number of fused-ring (bicyclic) bond motifs is 1. The van der Waals surface area contributed by atoms with E-state index in [1.54, 1.807) is 29.7 Å². The Hall–Kier alpha value is -3.66. The Kier molecular flexibility index (Phi) is 5.25. The van der Waals surface area contributed by atoms with Gasteiger partial charge in [-0.3, -0.25) is 29.9 Å². The third-order valence-electron chi connectivity index (χ3n) is 4.19. The molecule has 2 amide bonds. The van der Waals surface area contributed by atoms with Crippen molar-refractivity contribution >= 4 is 29.2 Å². The van der Waals surface area contributed by atoms with Crippen LogP contribution in [-0.2, 0) is 5.75 Å². The van der Waals surface area contributed by atoms with E-state index in [-0.39, 0.29) is 0 Å². The highest BCUT2D eigenvalue weighted by Crippen LogP contribution is 2.18.